The summed E-state index contributed by atoms with van der Waals surface area (Å²) >= 11 is 0. The van der Waals surface area contributed by atoms with Crippen LogP contribution in [0.15, 0.2) is 0 Å². The van der Waals surface area contributed by atoms with Crippen LogP contribution in [0.3, 0.4) is 0 Å². The first-order valence-corrected chi connectivity index (χ1v) is 5.18. The lowest BCUT2D eigenvalue weighted by atomic mass is 9.96. The summed E-state index contributed by atoms with van der Waals surface area (Å²) in [6.07, 6.45) is 1.21. The molecule has 1 rings (SSSR count). The number of nitrogens with one attached hydrogen (secondary N) is 1. The number of carbonyl (C=O) groups is 2. The summed E-state index contributed by atoms with van der Waals surface area (Å²) in [5.74, 6) is -0.599. The molecule has 0 bridgehead atoms. The zero-order valence-electron chi connectivity index (χ0n) is 9.85. The molecule has 4 heteroatoms. The van der Waals surface area contributed by atoms with Crippen LogP contribution >= 0.6 is 0 Å². The molecule has 4 nitrogen and oxygen atoms in total. The highest BCUT2D eigenvalue weighted by molar-refractivity contribution is 6.05. The highest BCUT2D eigenvalue weighted by atomic mass is 16.5. The summed E-state index contributed by atoms with van der Waals surface area (Å²) in [6.45, 7) is 6.67. The van der Waals surface area contributed by atoms with Crippen molar-refractivity contribution in [3.8, 4) is 0 Å². The lowest BCUT2D eigenvalue weighted by Gasteiger charge is -2.20. The van der Waals surface area contributed by atoms with Gasteiger partial charge in [0, 0.05) is 6.54 Å². The Balaban J connectivity index is 2.51. The molecule has 0 aromatic heterocycles. The molecular formula is C11H19NO3. The molecule has 0 unspecified atom stereocenters. The van der Waals surface area contributed by atoms with Gasteiger partial charge < -0.3 is 10.1 Å². The number of rotatable bonds is 3. The Morgan fingerprint density at radius 2 is 1.87 bits per heavy atom. The molecule has 86 valence electrons. The number of amides is 1. The summed E-state index contributed by atoms with van der Waals surface area (Å²) in [6, 6.07) is 0. The van der Waals surface area contributed by atoms with Gasteiger partial charge in [0.2, 0.25) is 5.91 Å². The topological polar surface area (TPSA) is 55.4 Å². The molecule has 0 aromatic carbocycles. The van der Waals surface area contributed by atoms with Crippen molar-refractivity contribution in [2.45, 2.75) is 33.6 Å². The molecule has 1 aliphatic carbocycles. The fraction of sp³-hybridized carbons (Fsp3) is 0.818. The Bertz CT molecular complexity index is 274. The van der Waals surface area contributed by atoms with E-state index in [1.807, 2.05) is 20.8 Å². The molecule has 0 aliphatic heterocycles. The van der Waals surface area contributed by atoms with Crippen LogP contribution < -0.4 is 5.32 Å². The van der Waals surface area contributed by atoms with Gasteiger partial charge >= 0.3 is 5.97 Å². The number of esters is 1. The van der Waals surface area contributed by atoms with Crippen molar-refractivity contribution < 1.29 is 14.3 Å². The van der Waals surface area contributed by atoms with Gasteiger partial charge in [-0.25, -0.2) is 0 Å². The highest BCUT2D eigenvalue weighted by Gasteiger charge is 2.57. The lowest BCUT2D eigenvalue weighted by Crippen LogP contribution is -2.41. The summed E-state index contributed by atoms with van der Waals surface area (Å²) in [4.78, 5) is 23.1. The van der Waals surface area contributed by atoms with Crippen molar-refractivity contribution in [3.05, 3.63) is 0 Å². The first-order chi connectivity index (χ1) is 6.82. The van der Waals surface area contributed by atoms with Crippen LogP contribution in [0.25, 0.3) is 0 Å². The normalized spacial score (nSPS) is 18.1. The third-order valence-electron chi connectivity index (χ3n) is 2.54. The van der Waals surface area contributed by atoms with Crippen LogP contribution in [0, 0.1) is 10.8 Å². The van der Waals surface area contributed by atoms with E-state index in [0.717, 1.165) is 0 Å². The van der Waals surface area contributed by atoms with Gasteiger partial charge in [-0.15, -0.1) is 0 Å². The van der Waals surface area contributed by atoms with Crippen LogP contribution in [0.5, 0.6) is 0 Å². The van der Waals surface area contributed by atoms with Crippen molar-refractivity contribution >= 4 is 11.9 Å². The fourth-order valence-corrected chi connectivity index (χ4v) is 1.36. The van der Waals surface area contributed by atoms with Gasteiger partial charge in [-0.05, 0) is 18.3 Å². The van der Waals surface area contributed by atoms with Gasteiger partial charge in [-0.3, -0.25) is 9.59 Å². The van der Waals surface area contributed by atoms with Crippen LogP contribution in [-0.4, -0.2) is 25.5 Å². The van der Waals surface area contributed by atoms with E-state index in [-0.39, 0.29) is 11.3 Å². The molecule has 0 spiro atoms. The average Bonchev–Trinajstić information content (AvgIpc) is 2.92. The molecule has 1 saturated carbocycles. The molecule has 1 aliphatic rings. The minimum Gasteiger partial charge on any atom is -0.468 e. The maximum Gasteiger partial charge on any atom is 0.321 e. The average molecular weight is 213 g/mol. The first kappa shape index (κ1) is 12.0. The highest BCUT2D eigenvalue weighted by Crippen LogP contribution is 2.46. The zero-order valence-corrected chi connectivity index (χ0v) is 9.85. The Morgan fingerprint density at radius 3 is 2.20 bits per heavy atom. The number of hydrogen-bond acceptors (Lipinski definition) is 3. The zero-order chi connectivity index (χ0) is 11.7. The Morgan fingerprint density at radius 1 is 1.33 bits per heavy atom. The monoisotopic (exact) mass is 213 g/mol. The maximum atomic E-state index is 11.8. The molecule has 0 saturated heterocycles. The molecule has 1 amide bonds. The van der Waals surface area contributed by atoms with E-state index in [4.69, 9.17) is 0 Å². The lowest BCUT2D eigenvalue weighted by molar-refractivity contribution is -0.152. The summed E-state index contributed by atoms with van der Waals surface area (Å²) in [5, 5.41) is 2.80. The second-order valence-corrected chi connectivity index (χ2v) is 5.32. The van der Waals surface area contributed by atoms with Crippen molar-refractivity contribution in [2.75, 3.05) is 13.7 Å². The van der Waals surface area contributed by atoms with Crippen molar-refractivity contribution in [3.63, 3.8) is 0 Å². The van der Waals surface area contributed by atoms with Crippen LogP contribution in [0.2, 0.25) is 0 Å². The van der Waals surface area contributed by atoms with E-state index in [2.05, 4.69) is 10.1 Å². The van der Waals surface area contributed by atoms with Gasteiger partial charge in [0.15, 0.2) is 0 Å². The van der Waals surface area contributed by atoms with E-state index >= 15 is 0 Å². The van der Waals surface area contributed by atoms with Crippen LogP contribution in [-0.2, 0) is 14.3 Å². The molecule has 1 N–H and O–H groups in total. The number of methoxy groups -OCH3 is 1. The third kappa shape index (κ3) is 2.70. The SMILES string of the molecule is COC(=O)C1(C(=O)NCC(C)(C)C)CC1. The standard InChI is InChI=1S/C11H19NO3/c1-10(2,3)7-12-8(13)11(5-6-11)9(14)15-4/h5-7H2,1-4H3,(H,12,13). The molecular weight excluding hydrogens is 194 g/mol. The number of hydrogen-bond donors (Lipinski definition) is 1. The Kier molecular flexibility index (Phi) is 3.07. The van der Waals surface area contributed by atoms with Gasteiger partial charge in [0.05, 0.1) is 7.11 Å². The molecule has 0 aromatic rings. The van der Waals surface area contributed by atoms with Crippen molar-refractivity contribution in [1.82, 2.24) is 5.32 Å². The third-order valence-corrected chi connectivity index (χ3v) is 2.54. The summed E-state index contributed by atoms with van der Waals surface area (Å²) < 4.78 is 4.63. The number of carbonyl (C=O) groups excluding carboxylic acids is 2. The molecule has 15 heavy (non-hydrogen) atoms. The minimum atomic E-state index is -0.875. The van der Waals surface area contributed by atoms with E-state index in [1.54, 1.807) is 0 Å². The maximum absolute atomic E-state index is 11.8. The van der Waals surface area contributed by atoms with Gasteiger partial charge in [-0.2, -0.15) is 0 Å². The van der Waals surface area contributed by atoms with Gasteiger partial charge in [0.25, 0.3) is 0 Å². The predicted molar refractivity (Wildman–Crippen MR) is 56.1 cm³/mol. The summed E-state index contributed by atoms with van der Waals surface area (Å²) in [5.41, 5.74) is -0.845. The van der Waals surface area contributed by atoms with E-state index in [9.17, 15) is 9.59 Å². The molecule has 0 radical (unpaired) electrons. The second kappa shape index (κ2) is 3.83. The second-order valence-electron chi connectivity index (χ2n) is 5.32. The van der Waals surface area contributed by atoms with Gasteiger partial charge in [0.1, 0.15) is 5.41 Å². The Hall–Kier alpha value is -1.06. The Labute approximate surface area is 90.4 Å². The van der Waals surface area contributed by atoms with Gasteiger partial charge in [-0.1, -0.05) is 20.8 Å². The first-order valence-electron chi connectivity index (χ1n) is 5.18. The van der Waals surface area contributed by atoms with Crippen molar-refractivity contribution in [2.24, 2.45) is 10.8 Å². The van der Waals surface area contributed by atoms with E-state index in [0.29, 0.717) is 19.4 Å². The number of ether oxygens (including phenoxy) is 1. The van der Waals surface area contributed by atoms with Crippen LogP contribution in [0.4, 0.5) is 0 Å². The molecule has 0 heterocycles. The van der Waals surface area contributed by atoms with Crippen LogP contribution in [0.1, 0.15) is 33.6 Å². The van der Waals surface area contributed by atoms with Crippen molar-refractivity contribution in [1.29, 1.82) is 0 Å². The minimum absolute atomic E-state index is 0.0296. The fourth-order valence-electron chi connectivity index (χ4n) is 1.36. The summed E-state index contributed by atoms with van der Waals surface area (Å²) in [7, 11) is 1.32. The predicted octanol–water partition coefficient (Wildman–Crippen LogP) is 1.10. The van der Waals surface area contributed by atoms with E-state index in [1.165, 1.54) is 7.11 Å². The molecule has 0 atom stereocenters. The van der Waals surface area contributed by atoms with E-state index < -0.39 is 11.4 Å². The molecule has 1 fully saturated rings. The smallest absolute Gasteiger partial charge is 0.321 e. The quantitative estimate of drug-likeness (QED) is 0.564. The largest absolute Gasteiger partial charge is 0.468 e.